The van der Waals surface area contributed by atoms with Crippen LogP contribution in [0.2, 0.25) is 0 Å². The fourth-order valence-electron chi connectivity index (χ4n) is 1.70. The molecule has 0 radical (unpaired) electrons. The molecule has 0 aromatic carbocycles. The molecule has 1 rings (SSSR count). The van der Waals surface area contributed by atoms with E-state index in [-0.39, 0.29) is 23.8 Å². The molecule has 1 heterocycles. The van der Waals surface area contributed by atoms with E-state index >= 15 is 0 Å². The van der Waals surface area contributed by atoms with Gasteiger partial charge >= 0.3 is 0 Å². The average molecular weight is 238 g/mol. The molecule has 0 spiro atoms. The lowest BCUT2D eigenvalue weighted by Crippen LogP contribution is -2.37. The van der Waals surface area contributed by atoms with Crippen LogP contribution in [0.1, 0.15) is 35.0 Å². The van der Waals surface area contributed by atoms with Gasteiger partial charge < -0.3 is 15.4 Å². The van der Waals surface area contributed by atoms with Gasteiger partial charge in [0.1, 0.15) is 5.56 Å². The quantitative estimate of drug-likeness (QED) is 0.714. The summed E-state index contributed by atoms with van der Waals surface area (Å²) in [5, 5.41) is 11.4. The molecule has 1 aromatic heterocycles. The van der Waals surface area contributed by atoms with Crippen molar-refractivity contribution in [3.63, 3.8) is 0 Å². The first-order valence-electron chi connectivity index (χ1n) is 5.58. The van der Waals surface area contributed by atoms with Crippen molar-refractivity contribution < 1.29 is 9.90 Å². The van der Waals surface area contributed by atoms with Crippen LogP contribution in [0.4, 0.5) is 0 Å². The Kier molecular flexibility index (Phi) is 4.45. The fraction of sp³-hybridized carbons (Fsp3) is 0.500. The summed E-state index contributed by atoms with van der Waals surface area (Å²) in [6.45, 7) is 5.29. The molecule has 17 heavy (non-hydrogen) atoms. The van der Waals surface area contributed by atoms with Crippen molar-refractivity contribution in [2.24, 2.45) is 0 Å². The van der Waals surface area contributed by atoms with E-state index in [0.29, 0.717) is 12.0 Å². The van der Waals surface area contributed by atoms with E-state index < -0.39 is 5.91 Å². The van der Waals surface area contributed by atoms with E-state index in [4.69, 9.17) is 5.11 Å². The summed E-state index contributed by atoms with van der Waals surface area (Å²) < 4.78 is 0. The highest BCUT2D eigenvalue weighted by molar-refractivity contribution is 5.95. The number of carbonyl (C=O) groups is 1. The van der Waals surface area contributed by atoms with Crippen LogP contribution < -0.4 is 10.9 Å². The smallest absolute Gasteiger partial charge is 0.261 e. The zero-order chi connectivity index (χ0) is 13.0. The van der Waals surface area contributed by atoms with Crippen molar-refractivity contribution in [1.82, 2.24) is 10.3 Å². The molecule has 94 valence electrons. The zero-order valence-electron chi connectivity index (χ0n) is 10.3. The largest absolute Gasteiger partial charge is 0.396 e. The molecular weight excluding hydrogens is 220 g/mol. The van der Waals surface area contributed by atoms with E-state index in [1.165, 1.54) is 0 Å². The Morgan fingerprint density at radius 3 is 2.71 bits per heavy atom. The molecule has 1 unspecified atom stereocenters. The van der Waals surface area contributed by atoms with Crippen LogP contribution in [-0.4, -0.2) is 28.6 Å². The van der Waals surface area contributed by atoms with Gasteiger partial charge in [-0.3, -0.25) is 9.59 Å². The van der Waals surface area contributed by atoms with Crippen molar-refractivity contribution in [2.45, 2.75) is 33.2 Å². The summed E-state index contributed by atoms with van der Waals surface area (Å²) in [7, 11) is 0. The van der Waals surface area contributed by atoms with Gasteiger partial charge in [0.05, 0.1) is 0 Å². The van der Waals surface area contributed by atoms with Crippen molar-refractivity contribution in [1.29, 1.82) is 0 Å². The first-order valence-corrected chi connectivity index (χ1v) is 5.58. The maximum absolute atomic E-state index is 11.9. The van der Waals surface area contributed by atoms with E-state index in [9.17, 15) is 9.59 Å². The topological polar surface area (TPSA) is 82.2 Å². The Hall–Kier alpha value is -1.62. The van der Waals surface area contributed by atoms with Crippen LogP contribution in [0.15, 0.2) is 10.9 Å². The molecule has 0 saturated carbocycles. The molecule has 0 aliphatic heterocycles. The third-order valence-corrected chi connectivity index (χ3v) is 2.53. The summed E-state index contributed by atoms with van der Waals surface area (Å²) in [5.74, 6) is -0.398. The maximum Gasteiger partial charge on any atom is 0.261 e. The van der Waals surface area contributed by atoms with Gasteiger partial charge in [0.15, 0.2) is 0 Å². The number of rotatable bonds is 4. The van der Waals surface area contributed by atoms with E-state index in [1.807, 2.05) is 0 Å². The second-order valence-corrected chi connectivity index (χ2v) is 4.23. The molecule has 0 saturated heterocycles. The average Bonchev–Trinajstić information content (AvgIpc) is 2.15. The van der Waals surface area contributed by atoms with E-state index in [0.717, 1.165) is 5.69 Å². The molecule has 3 N–H and O–H groups in total. The Morgan fingerprint density at radius 2 is 2.18 bits per heavy atom. The highest BCUT2D eigenvalue weighted by atomic mass is 16.3. The lowest BCUT2D eigenvalue weighted by Gasteiger charge is -2.13. The standard InChI is InChI=1S/C12H18N2O3/c1-7-6-9(3)14-12(17)10(7)11(16)13-8(2)4-5-15/h6,8,15H,4-5H2,1-3H3,(H,13,16)(H,14,17). The predicted molar refractivity (Wildman–Crippen MR) is 65.2 cm³/mol. The van der Waals surface area contributed by atoms with Crippen molar-refractivity contribution >= 4 is 5.91 Å². The Morgan fingerprint density at radius 1 is 1.53 bits per heavy atom. The van der Waals surface area contributed by atoms with Crippen LogP contribution in [-0.2, 0) is 0 Å². The monoisotopic (exact) mass is 238 g/mol. The van der Waals surface area contributed by atoms with Gasteiger partial charge in [-0.2, -0.15) is 0 Å². The van der Waals surface area contributed by atoms with Crippen molar-refractivity contribution in [2.75, 3.05) is 6.61 Å². The first-order chi connectivity index (χ1) is 7.95. The van der Waals surface area contributed by atoms with Gasteiger partial charge in [0.2, 0.25) is 0 Å². The van der Waals surface area contributed by atoms with Gasteiger partial charge in [-0.15, -0.1) is 0 Å². The number of aromatic amines is 1. The molecule has 0 bridgehead atoms. The number of hydrogen-bond acceptors (Lipinski definition) is 3. The number of carbonyl (C=O) groups excluding carboxylic acids is 1. The van der Waals surface area contributed by atoms with E-state index in [1.54, 1.807) is 26.8 Å². The number of aromatic nitrogens is 1. The molecule has 0 aliphatic rings. The zero-order valence-corrected chi connectivity index (χ0v) is 10.3. The minimum absolute atomic E-state index is 0.00465. The molecule has 0 aliphatic carbocycles. The number of amides is 1. The summed E-state index contributed by atoms with van der Waals surface area (Å²) in [6, 6.07) is 1.60. The minimum Gasteiger partial charge on any atom is -0.396 e. The molecule has 5 nitrogen and oxygen atoms in total. The SMILES string of the molecule is Cc1cc(C)c(C(=O)NC(C)CCO)c(=O)[nH]1. The number of hydrogen-bond donors (Lipinski definition) is 3. The van der Waals surface area contributed by atoms with Crippen LogP contribution in [0.25, 0.3) is 0 Å². The van der Waals surface area contributed by atoms with Crippen molar-refractivity contribution in [3.8, 4) is 0 Å². The Labute approximate surface area is 99.9 Å². The lowest BCUT2D eigenvalue weighted by atomic mass is 10.1. The van der Waals surface area contributed by atoms with Gasteiger partial charge in [-0.05, 0) is 38.8 Å². The number of nitrogens with one attached hydrogen (secondary N) is 2. The molecule has 0 fully saturated rings. The van der Waals surface area contributed by atoms with E-state index in [2.05, 4.69) is 10.3 Å². The number of aliphatic hydroxyl groups is 1. The second kappa shape index (κ2) is 5.63. The second-order valence-electron chi connectivity index (χ2n) is 4.23. The van der Waals surface area contributed by atoms with Crippen LogP contribution in [0.5, 0.6) is 0 Å². The normalized spacial score (nSPS) is 12.2. The summed E-state index contributed by atoms with van der Waals surface area (Å²) in [5.41, 5.74) is 1.14. The number of aryl methyl sites for hydroxylation is 2. The molecule has 1 aromatic rings. The van der Waals surface area contributed by atoms with Gasteiger partial charge in [0.25, 0.3) is 11.5 Å². The van der Waals surface area contributed by atoms with Crippen LogP contribution in [0, 0.1) is 13.8 Å². The molecular formula is C12H18N2O3. The molecule has 5 heteroatoms. The number of aliphatic hydroxyl groups excluding tert-OH is 1. The first kappa shape index (κ1) is 13.4. The highest BCUT2D eigenvalue weighted by Crippen LogP contribution is 2.04. The summed E-state index contributed by atoms with van der Waals surface area (Å²) in [6.07, 6.45) is 0.467. The minimum atomic E-state index is -0.398. The summed E-state index contributed by atoms with van der Waals surface area (Å²) >= 11 is 0. The Bertz CT molecular complexity index is 465. The maximum atomic E-state index is 11.9. The summed E-state index contributed by atoms with van der Waals surface area (Å²) in [4.78, 5) is 26.1. The predicted octanol–water partition coefficient (Wildman–Crippen LogP) is 0.492. The van der Waals surface area contributed by atoms with Gasteiger partial charge in [-0.1, -0.05) is 0 Å². The fourth-order valence-corrected chi connectivity index (χ4v) is 1.70. The Balaban J connectivity index is 2.93. The van der Waals surface area contributed by atoms with Crippen LogP contribution >= 0.6 is 0 Å². The third kappa shape index (κ3) is 3.42. The molecule has 1 atom stereocenters. The van der Waals surface area contributed by atoms with Crippen molar-refractivity contribution in [3.05, 3.63) is 33.2 Å². The highest BCUT2D eigenvalue weighted by Gasteiger charge is 2.15. The molecule has 1 amide bonds. The van der Waals surface area contributed by atoms with Crippen LogP contribution in [0.3, 0.4) is 0 Å². The lowest BCUT2D eigenvalue weighted by molar-refractivity contribution is 0.0932. The van der Waals surface area contributed by atoms with Gasteiger partial charge in [0, 0.05) is 18.3 Å². The third-order valence-electron chi connectivity index (χ3n) is 2.53. The number of H-pyrrole nitrogens is 1. The van der Waals surface area contributed by atoms with Gasteiger partial charge in [-0.25, -0.2) is 0 Å². The number of pyridine rings is 1.